The normalized spacial score (nSPS) is 12.6. The molecule has 0 radical (unpaired) electrons. The van der Waals surface area contributed by atoms with E-state index in [4.69, 9.17) is 16.3 Å². The lowest BCUT2D eigenvalue weighted by Crippen LogP contribution is -2.32. The Labute approximate surface area is 183 Å². The van der Waals surface area contributed by atoms with Gasteiger partial charge < -0.3 is 15.4 Å². The molecule has 2 aromatic carbocycles. The van der Waals surface area contributed by atoms with E-state index in [0.29, 0.717) is 5.02 Å². The average molecular weight is 482 g/mol. The van der Waals surface area contributed by atoms with Crippen LogP contribution >= 0.6 is 27.5 Å². The van der Waals surface area contributed by atoms with E-state index >= 15 is 0 Å². The molecule has 2 N–H and O–H groups in total. The van der Waals surface area contributed by atoms with Crippen LogP contribution in [0.1, 0.15) is 43.5 Å². The maximum absolute atomic E-state index is 12.2. The molecule has 0 heterocycles. The van der Waals surface area contributed by atoms with Gasteiger partial charge in [-0.2, -0.15) is 0 Å². The number of amides is 2. The molecule has 0 aromatic heterocycles. The predicted molar refractivity (Wildman–Crippen MR) is 114 cm³/mol. The van der Waals surface area contributed by atoms with Crippen LogP contribution in [0, 0.1) is 0 Å². The van der Waals surface area contributed by atoms with Crippen LogP contribution in [0.3, 0.4) is 0 Å². The Balaban J connectivity index is 1.87. The largest absolute Gasteiger partial charge is 0.456 e. The van der Waals surface area contributed by atoms with E-state index in [2.05, 4.69) is 26.6 Å². The third-order valence-corrected chi connectivity index (χ3v) is 4.91. The Bertz CT molecular complexity index is 856. The molecule has 2 amide bonds. The van der Waals surface area contributed by atoms with E-state index in [0.717, 1.165) is 15.6 Å². The van der Waals surface area contributed by atoms with Gasteiger partial charge in [-0.3, -0.25) is 14.4 Å². The molecular weight excluding hydrogens is 460 g/mol. The Morgan fingerprint density at radius 1 is 1.00 bits per heavy atom. The number of nitrogens with one attached hydrogen (secondary N) is 2. The third kappa shape index (κ3) is 7.87. The topological polar surface area (TPSA) is 84.5 Å². The minimum Gasteiger partial charge on any atom is -0.456 e. The van der Waals surface area contributed by atoms with Crippen LogP contribution in [-0.2, 0) is 19.1 Å². The van der Waals surface area contributed by atoms with Gasteiger partial charge in [-0.25, -0.2) is 0 Å². The van der Waals surface area contributed by atoms with Crippen LogP contribution in [0.5, 0.6) is 0 Å². The van der Waals surface area contributed by atoms with Crippen LogP contribution in [0.25, 0.3) is 0 Å². The average Bonchev–Trinajstić information content (AvgIpc) is 2.66. The SMILES string of the molecule is CC(=O)NC(CC(=O)OCC(=O)NC(C)c1ccc(Br)cc1)c1ccc(Cl)cc1. The summed E-state index contributed by atoms with van der Waals surface area (Å²) in [6, 6.07) is 13.6. The number of carbonyl (C=O) groups excluding carboxylic acids is 3. The number of hydrogen-bond donors (Lipinski definition) is 2. The van der Waals surface area contributed by atoms with Crippen molar-refractivity contribution in [1.82, 2.24) is 10.6 Å². The van der Waals surface area contributed by atoms with Crippen molar-refractivity contribution in [3.63, 3.8) is 0 Å². The smallest absolute Gasteiger partial charge is 0.308 e. The number of hydrogen-bond acceptors (Lipinski definition) is 4. The van der Waals surface area contributed by atoms with E-state index in [-0.39, 0.29) is 18.4 Å². The van der Waals surface area contributed by atoms with Gasteiger partial charge in [0.05, 0.1) is 18.5 Å². The van der Waals surface area contributed by atoms with Crippen molar-refractivity contribution in [2.24, 2.45) is 0 Å². The Morgan fingerprint density at radius 2 is 1.59 bits per heavy atom. The highest BCUT2D eigenvalue weighted by Crippen LogP contribution is 2.20. The number of benzene rings is 2. The van der Waals surface area contributed by atoms with Crippen molar-refractivity contribution < 1.29 is 19.1 Å². The summed E-state index contributed by atoms with van der Waals surface area (Å²) in [5.41, 5.74) is 1.65. The van der Waals surface area contributed by atoms with Crippen molar-refractivity contribution in [1.29, 1.82) is 0 Å². The van der Waals surface area contributed by atoms with E-state index < -0.39 is 24.5 Å². The Morgan fingerprint density at radius 3 is 2.17 bits per heavy atom. The molecule has 0 aliphatic rings. The molecule has 2 rings (SSSR count). The van der Waals surface area contributed by atoms with Crippen molar-refractivity contribution in [2.75, 3.05) is 6.61 Å². The summed E-state index contributed by atoms with van der Waals surface area (Å²) in [5.74, 6) is -1.28. The molecule has 0 spiro atoms. The molecule has 2 aromatic rings. The standard InChI is InChI=1S/C21H22BrClN2O4/c1-13(15-3-7-17(22)8-4-15)24-20(27)12-29-21(28)11-19(25-14(2)26)16-5-9-18(23)10-6-16/h3-10,13,19H,11-12H2,1-2H3,(H,24,27)(H,25,26). The van der Waals surface area contributed by atoms with Gasteiger partial charge >= 0.3 is 5.97 Å². The van der Waals surface area contributed by atoms with Gasteiger partial charge in [-0.05, 0) is 42.3 Å². The zero-order valence-electron chi connectivity index (χ0n) is 16.1. The number of carbonyl (C=O) groups is 3. The molecule has 2 unspecified atom stereocenters. The summed E-state index contributed by atoms with van der Waals surface area (Å²) in [4.78, 5) is 35.7. The summed E-state index contributed by atoms with van der Waals surface area (Å²) in [6.07, 6.45) is -0.100. The first-order valence-corrected chi connectivity index (χ1v) is 10.1. The summed E-state index contributed by atoms with van der Waals surface area (Å²) in [6.45, 7) is 2.81. The summed E-state index contributed by atoms with van der Waals surface area (Å²) >= 11 is 9.24. The number of halogens is 2. The lowest BCUT2D eigenvalue weighted by molar-refractivity contribution is -0.149. The molecule has 6 nitrogen and oxygen atoms in total. The van der Waals surface area contributed by atoms with Gasteiger partial charge in [-0.1, -0.05) is 51.8 Å². The van der Waals surface area contributed by atoms with Crippen LogP contribution in [-0.4, -0.2) is 24.4 Å². The fourth-order valence-electron chi connectivity index (χ4n) is 2.68. The lowest BCUT2D eigenvalue weighted by atomic mass is 10.0. The first-order chi connectivity index (χ1) is 13.7. The van der Waals surface area contributed by atoms with Gasteiger partial charge in [0.15, 0.2) is 6.61 Å². The molecule has 0 aliphatic carbocycles. The first-order valence-electron chi connectivity index (χ1n) is 8.97. The maximum Gasteiger partial charge on any atom is 0.308 e. The number of esters is 1. The minimum absolute atomic E-state index is 0.100. The quantitative estimate of drug-likeness (QED) is 0.556. The zero-order valence-corrected chi connectivity index (χ0v) is 18.4. The van der Waals surface area contributed by atoms with Gasteiger partial charge in [-0.15, -0.1) is 0 Å². The van der Waals surface area contributed by atoms with E-state index in [9.17, 15) is 14.4 Å². The molecule has 29 heavy (non-hydrogen) atoms. The molecule has 0 saturated carbocycles. The van der Waals surface area contributed by atoms with Crippen molar-refractivity contribution >= 4 is 45.3 Å². The van der Waals surface area contributed by atoms with Crippen LogP contribution in [0.15, 0.2) is 53.0 Å². The minimum atomic E-state index is -0.592. The Kier molecular flexibility index (Phi) is 8.67. The lowest BCUT2D eigenvalue weighted by Gasteiger charge is -2.18. The third-order valence-electron chi connectivity index (χ3n) is 4.13. The highest BCUT2D eigenvalue weighted by atomic mass is 79.9. The van der Waals surface area contributed by atoms with Gasteiger partial charge in [0.1, 0.15) is 0 Å². The van der Waals surface area contributed by atoms with Gasteiger partial charge in [0.25, 0.3) is 5.91 Å². The van der Waals surface area contributed by atoms with Crippen molar-refractivity contribution in [3.05, 3.63) is 69.2 Å². The van der Waals surface area contributed by atoms with E-state index in [1.54, 1.807) is 24.3 Å². The van der Waals surface area contributed by atoms with Crippen LogP contribution in [0.4, 0.5) is 0 Å². The predicted octanol–water partition coefficient (Wildman–Crippen LogP) is 4.09. The summed E-state index contributed by atoms with van der Waals surface area (Å²) < 4.78 is 6.03. The molecule has 0 bridgehead atoms. The van der Waals surface area contributed by atoms with Crippen LogP contribution < -0.4 is 10.6 Å². The fraction of sp³-hybridized carbons (Fsp3) is 0.286. The molecule has 8 heteroatoms. The highest BCUT2D eigenvalue weighted by Gasteiger charge is 2.19. The van der Waals surface area contributed by atoms with Crippen molar-refractivity contribution in [2.45, 2.75) is 32.4 Å². The summed E-state index contributed by atoms with van der Waals surface area (Å²) in [5, 5.41) is 6.03. The van der Waals surface area contributed by atoms with Crippen molar-refractivity contribution in [3.8, 4) is 0 Å². The van der Waals surface area contributed by atoms with E-state index in [1.807, 2.05) is 31.2 Å². The molecular formula is C21H22BrClN2O4. The summed E-state index contributed by atoms with van der Waals surface area (Å²) in [7, 11) is 0. The van der Waals surface area contributed by atoms with Crippen LogP contribution in [0.2, 0.25) is 5.02 Å². The maximum atomic E-state index is 12.2. The number of ether oxygens (including phenoxy) is 1. The monoisotopic (exact) mass is 480 g/mol. The highest BCUT2D eigenvalue weighted by molar-refractivity contribution is 9.10. The van der Waals surface area contributed by atoms with E-state index in [1.165, 1.54) is 6.92 Å². The molecule has 0 aliphatic heterocycles. The van der Waals surface area contributed by atoms with Gasteiger partial charge in [0, 0.05) is 16.4 Å². The zero-order chi connectivity index (χ0) is 21.4. The second-order valence-corrected chi connectivity index (χ2v) is 7.86. The Hall–Kier alpha value is -2.38. The number of rotatable bonds is 8. The second kappa shape index (κ2) is 11.0. The first kappa shape index (κ1) is 22.9. The molecule has 0 fully saturated rings. The molecule has 0 saturated heterocycles. The second-order valence-electron chi connectivity index (χ2n) is 6.51. The molecule has 2 atom stereocenters. The van der Waals surface area contributed by atoms with Gasteiger partial charge in [0.2, 0.25) is 5.91 Å². The fourth-order valence-corrected chi connectivity index (χ4v) is 3.07. The molecule has 154 valence electrons.